The van der Waals surface area contributed by atoms with E-state index in [1.165, 1.54) is 4.88 Å². The first-order chi connectivity index (χ1) is 10.7. The Balaban J connectivity index is 1.42. The Morgan fingerprint density at radius 2 is 2.32 bits per heavy atom. The zero-order chi connectivity index (χ0) is 15.4. The van der Waals surface area contributed by atoms with Crippen molar-refractivity contribution in [2.75, 3.05) is 26.2 Å². The van der Waals surface area contributed by atoms with Crippen molar-refractivity contribution in [3.63, 3.8) is 0 Å². The molecule has 5 nitrogen and oxygen atoms in total. The second kappa shape index (κ2) is 7.08. The Bertz CT molecular complexity index is 484. The van der Waals surface area contributed by atoms with Crippen LogP contribution in [0.2, 0.25) is 0 Å². The fourth-order valence-corrected chi connectivity index (χ4v) is 3.98. The van der Waals surface area contributed by atoms with E-state index >= 15 is 0 Å². The van der Waals surface area contributed by atoms with Gasteiger partial charge in [0.1, 0.15) is 0 Å². The van der Waals surface area contributed by atoms with E-state index in [-0.39, 0.29) is 17.6 Å². The number of carbonyl (C=O) groups is 1. The first-order valence-corrected chi connectivity index (χ1v) is 8.89. The highest BCUT2D eigenvalue weighted by Crippen LogP contribution is 2.35. The molecule has 2 aliphatic heterocycles. The molecule has 22 heavy (non-hydrogen) atoms. The van der Waals surface area contributed by atoms with E-state index in [0.29, 0.717) is 13.1 Å². The van der Waals surface area contributed by atoms with Gasteiger partial charge < -0.3 is 15.2 Å². The molecule has 1 aromatic heterocycles. The van der Waals surface area contributed by atoms with Crippen LogP contribution in [0.1, 0.15) is 30.6 Å². The van der Waals surface area contributed by atoms with Crippen LogP contribution in [0.15, 0.2) is 17.5 Å². The number of likely N-dealkylation sites (tertiary alicyclic amines) is 1. The zero-order valence-corrected chi connectivity index (χ0v) is 13.6. The standard InChI is InChI=1S/C16H24N2O3S/c19-14-4-1-9-21-16(14)5-7-18(8-6-16)12-15(20)17-11-13-3-2-10-22-13/h2-3,10,14,19H,1,4-9,11-12H2,(H,17,20)/t14-/m0/s1. The molecule has 1 amide bonds. The molecule has 1 aromatic rings. The third kappa shape index (κ3) is 3.68. The summed E-state index contributed by atoms with van der Waals surface area (Å²) in [5.74, 6) is 0.0643. The fraction of sp³-hybridized carbons (Fsp3) is 0.688. The van der Waals surface area contributed by atoms with Crippen molar-refractivity contribution in [2.45, 2.75) is 43.9 Å². The van der Waals surface area contributed by atoms with Gasteiger partial charge in [0, 0.05) is 24.6 Å². The van der Waals surface area contributed by atoms with Gasteiger partial charge in [0.2, 0.25) is 5.91 Å². The van der Waals surface area contributed by atoms with Crippen LogP contribution in [0.5, 0.6) is 0 Å². The maximum atomic E-state index is 12.0. The van der Waals surface area contributed by atoms with Crippen molar-refractivity contribution in [1.29, 1.82) is 0 Å². The van der Waals surface area contributed by atoms with Gasteiger partial charge in [-0.2, -0.15) is 0 Å². The number of carbonyl (C=O) groups excluding carboxylic acids is 1. The normalized spacial score (nSPS) is 25.2. The maximum absolute atomic E-state index is 12.0. The molecule has 0 saturated carbocycles. The number of hydrogen-bond acceptors (Lipinski definition) is 5. The van der Waals surface area contributed by atoms with Gasteiger partial charge in [-0.3, -0.25) is 9.69 Å². The molecule has 2 fully saturated rings. The first kappa shape index (κ1) is 15.9. The van der Waals surface area contributed by atoms with E-state index in [1.807, 2.05) is 17.5 Å². The number of aliphatic hydroxyl groups is 1. The molecule has 122 valence electrons. The van der Waals surface area contributed by atoms with Crippen LogP contribution < -0.4 is 5.32 Å². The number of thiophene rings is 1. The summed E-state index contributed by atoms with van der Waals surface area (Å²) in [7, 11) is 0. The average Bonchev–Trinajstić information content (AvgIpc) is 3.04. The largest absolute Gasteiger partial charge is 0.390 e. The molecule has 2 aliphatic rings. The Morgan fingerprint density at radius 1 is 1.50 bits per heavy atom. The van der Waals surface area contributed by atoms with E-state index < -0.39 is 0 Å². The SMILES string of the molecule is O=C(CN1CCC2(CC1)OCCC[C@@H]2O)NCc1cccs1. The van der Waals surface area contributed by atoms with Crippen LogP contribution in [-0.2, 0) is 16.1 Å². The zero-order valence-electron chi connectivity index (χ0n) is 12.8. The van der Waals surface area contributed by atoms with Crippen LogP contribution in [0.3, 0.4) is 0 Å². The third-order valence-electron chi connectivity index (χ3n) is 4.73. The van der Waals surface area contributed by atoms with E-state index in [9.17, 15) is 9.90 Å². The van der Waals surface area contributed by atoms with Gasteiger partial charge in [-0.15, -0.1) is 11.3 Å². The number of nitrogens with one attached hydrogen (secondary N) is 1. The molecular weight excluding hydrogens is 300 g/mol. The summed E-state index contributed by atoms with van der Waals surface area (Å²) in [5, 5.41) is 15.2. The lowest BCUT2D eigenvalue weighted by molar-refractivity contribution is -0.177. The summed E-state index contributed by atoms with van der Waals surface area (Å²) in [4.78, 5) is 15.3. The van der Waals surface area contributed by atoms with Gasteiger partial charge in [0.25, 0.3) is 0 Å². The maximum Gasteiger partial charge on any atom is 0.234 e. The van der Waals surface area contributed by atoms with Crippen LogP contribution in [0, 0.1) is 0 Å². The van der Waals surface area contributed by atoms with Gasteiger partial charge in [-0.1, -0.05) is 6.07 Å². The Morgan fingerprint density at radius 3 is 3.00 bits per heavy atom. The molecule has 1 spiro atoms. The summed E-state index contributed by atoms with van der Waals surface area (Å²) in [6, 6.07) is 4.02. The molecule has 3 rings (SSSR count). The predicted molar refractivity (Wildman–Crippen MR) is 85.8 cm³/mol. The number of nitrogens with zero attached hydrogens (tertiary/aromatic N) is 1. The lowest BCUT2D eigenvalue weighted by Crippen LogP contribution is -2.56. The number of amides is 1. The van der Waals surface area contributed by atoms with Crippen molar-refractivity contribution in [3.05, 3.63) is 22.4 Å². The summed E-state index contributed by atoms with van der Waals surface area (Å²) < 4.78 is 5.89. The summed E-state index contributed by atoms with van der Waals surface area (Å²) >= 11 is 1.65. The number of hydrogen-bond donors (Lipinski definition) is 2. The van der Waals surface area contributed by atoms with Crippen LogP contribution in [0.4, 0.5) is 0 Å². The molecule has 0 aliphatic carbocycles. The minimum Gasteiger partial charge on any atom is -0.390 e. The van der Waals surface area contributed by atoms with E-state index in [1.54, 1.807) is 11.3 Å². The topological polar surface area (TPSA) is 61.8 Å². The molecule has 0 unspecified atom stereocenters. The molecule has 2 saturated heterocycles. The van der Waals surface area contributed by atoms with Crippen molar-refractivity contribution in [1.82, 2.24) is 10.2 Å². The minimum absolute atomic E-state index is 0.0643. The van der Waals surface area contributed by atoms with E-state index in [2.05, 4.69) is 10.2 Å². The van der Waals surface area contributed by atoms with Crippen molar-refractivity contribution < 1.29 is 14.6 Å². The lowest BCUT2D eigenvalue weighted by atomic mass is 9.82. The summed E-state index contributed by atoms with van der Waals surface area (Å²) in [6.07, 6.45) is 3.05. The first-order valence-electron chi connectivity index (χ1n) is 8.01. The third-order valence-corrected chi connectivity index (χ3v) is 5.60. The average molecular weight is 324 g/mol. The lowest BCUT2D eigenvalue weighted by Gasteiger charge is -2.46. The summed E-state index contributed by atoms with van der Waals surface area (Å²) in [5.41, 5.74) is -0.359. The van der Waals surface area contributed by atoms with Gasteiger partial charge in [0.15, 0.2) is 0 Å². The number of rotatable bonds is 4. The second-order valence-corrected chi connectivity index (χ2v) is 7.24. The monoisotopic (exact) mass is 324 g/mol. The second-order valence-electron chi connectivity index (χ2n) is 6.20. The van der Waals surface area contributed by atoms with Gasteiger partial charge >= 0.3 is 0 Å². The van der Waals surface area contributed by atoms with Gasteiger partial charge in [0.05, 0.1) is 24.8 Å². The Hall–Kier alpha value is -0.950. The van der Waals surface area contributed by atoms with Crippen molar-refractivity contribution in [3.8, 4) is 0 Å². The van der Waals surface area contributed by atoms with Gasteiger partial charge in [-0.05, 0) is 37.1 Å². The minimum atomic E-state index is -0.359. The highest BCUT2D eigenvalue weighted by Gasteiger charge is 2.43. The molecule has 2 N–H and O–H groups in total. The smallest absolute Gasteiger partial charge is 0.234 e. The van der Waals surface area contributed by atoms with Crippen LogP contribution >= 0.6 is 11.3 Å². The molecule has 0 aromatic carbocycles. The van der Waals surface area contributed by atoms with E-state index in [0.717, 1.165) is 45.4 Å². The van der Waals surface area contributed by atoms with Crippen molar-refractivity contribution >= 4 is 17.2 Å². The Kier molecular flexibility index (Phi) is 5.13. The highest BCUT2D eigenvalue weighted by atomic mass is 32.1. The molecule has 0 bridgehead atoms. The molecule has 0 radical (unpaired) electrons. The fourth-order valence-electron chi connectivity index (χ4n) is 3.34. The van der Waals surface area contributed by atoms with E-state index in [4.69, 9.17) is 4.74 Å². The highest BCUT2D eigenvalue weighted by molar-refractivity contribution is 7.09. The number of piperidine rings is 1. The number of ether oxygens (including phenoxy) is 1. The molecular formula is C16H24N2O3S. The summed E-state index contributed by atoms with van der Waals surface area (Å²) in [6.45, 7) is 3.40. The van der Waals surface area contributed by atoms with Gasteiger partial charge in [-0.25, -0.2) is 0 Å². The quantitative estimate of drug-likeness (QED) is 0.878. The number of aliphatic hydroxyl groups excluding tert-OH is 1. The molecule has 3 heterocycles. The predicted octanol–water partition coefficient (Wildman–Crippen LogP) is 1.37. The Labute approximate surface area is 135 Å². The molecule has 1 atom stereocenters. The van der Waals surface area contributed by atoms with Crippen LogP contribution in [-0.4, -0.2) is 53.9 Å². The van der Waals surface area contributed by atoms with Crippen molar-refractivity contribution in [2.24, 2.45) is 0 Å². The molecule has 6 heteroatoms. The van der Waals surface area contributed by atoms with Crippen LogP contribution in [0.25, 0.3) is 0 Å².